The highest BCUT2D eigenvalue weighted by atomic mass is 16.5. The first kappa shape index (κ1) is 19.2. The van der Waals surface area contributed by atoms with Gasteiger partial charge in [-0.25, -0.2) is 0 Å². The highest BCUT2D eigenvalue weighted by Gasteiger charge is 2.05. The molecule has 134 valence electrons. The third kappa shape index (κ3) is 7.55. The van der Waals surface area contributed by atoms with Crippen molar-refractivity contribution in [2.45, 2.75) is 58.3 Å². The van der Waals surface area contributed by atoms with Crippen LogP contribution in [0, 0.1) is 0 Å². The van der Waals surface area contributed by atoms with Gasteiger partial charge in [0.05, 0.1) is 13.0 Å². The predicted octanol–water partition coefficient (Wildman–Crippen LogP) is 6.19. The summed E-state index contributed by atoms with van der Waals surface area (Å²) in [6, 6.07) is 18.4. The van der Waals surface area contributed by atoms with Crippen molar-refractivity contribution < 1.29 is 9.53 Å². The first-order chi connectivity index (χ1) is 12.3. The number of carbonyl (C=O) groups is 1. The third-order valence-electron chi connectivity index (χ3n) is 4.42. The van der Waals surface area contributed by atoms with Gasteiger partial charge >= 0.3 is 5.97 Å². The average Bonchev–Trinajstić information content (AvgIpc) is 2.65. The summed E-state index contributed by atoms with van der Waals surface area (Å²) in [6.45, 7) is 2.78. The summed E-state index contributed by atoms with van der Waals surface area (Å²) in [4.78, 5) is 11.9. The van der Waals surface area contributed by atoms with Crippen LogP contribution in [0.15, 0.2) is 54.6 Å². The van der Waals surface area contributed by atoms with Crippen molar-refractivity contribution in [3.63, 3.8) is 0 Å². The summed E-state index contributed by atoms with van der Waals surface area (Å²) >= 11 is 0. The molecular formula is C23H30O2. The Hall–Kier alpha value is -2.09. The van der Waals surface area contributed by atoms with E-state index < -0.39 is 0 Å². The van der Waals surface area contributed by atoms with Gasteiger partial charge in [-0.15, -0.1) is 0 Å². The molecule has 25 heavy (non-hydrogen) atoms. The molecule has 0 N–H and O–H groups in total. The first-order valence-corrected chi connectivity index (χ1v) is 9.59. The number of benzene rings is 2. The maximum absolute atomic E-state index is 11.9. The number of ether oxygens (including phenoxy) is 1. The Labute approximate surface area is 152 Å². The largest absolute Gasteiger partial charge is 0.465 e. The summed E-state index contributed by atoms with van der Waals surface area (Å²) in [7, 11) is 0. The molecule has 0 aliphatic heterocycles. The van der Waals surface area contributed by atoms with E-state index in [1.807, 2.05) is 30.3 Å². The van der Waals surface area contributed by atoms with Gasteiger partial charge in [0, 0.05) is 0 Å². The van der Waals surface area contributed by atoms with Gasteiger partial charge in [-0.3, -0.25) is 4.79 Å². The molecule has 0 unspecified atom stereocenters. The average molecular weight is 338 g/mol. The van der Waals surface area contributed by atoms with Crippen LogP contribution in [0.5, 0.6) is 0 Å². The molecule has 0 amide bonds. The molecule has 0 saturated carbocycles. The molecule has 0 saturated heterocycles. The van der Waals surface area contributed by atoms with E-state index in [4.69, 9.17) is 4.74 Å². The predicted molar refractivity (Wildman–Crippen MR) is 105 cm³/mol. The summed E-state index contributed by atoms with van der Waals surface area (Å²) in [6.07, 6.45) is 8.98. The van der Waals surface area contributed by atoms with Crippen molar-refractivity contribution in [3.05, 3.63) is 60.2 Å². The van der Waals surface area contributed by atoms with Gasteiger partial charge in [-0.2, -0.15) is 0 Å². The molecule has 0 fully saturated rings. The van der Waals surface area contributed by atoms with Gasteiger partial charge in [-0.05, 0) is 23.1 Å². The zero-order valence-corrected chi connectivity index (χ0v) is 15.4. The fraction of sp³-hybridized carbons (Fsp3) is 0.435. The van der Waals surface area contributed by atoms with Gasteiger partial charge in [0.2, 0.25) is 0 Å². The zero-order valence-electron chi connectivity index (χ0n) is 15.4. The molecule has 2 aromatic carbocycles. The van der Waals surface area contributed by atoms with E-state index in [1.165, 1.54) is 43.2 Å². The Balaban J connectivity index is 1.64. The Kier molecular flexibility index (Phi) is 8.82. The second-order valence-corrected chi connectivity index (χ2v) is 6.58. The quantitative estimate of drug-likeness (QED) is 0.361. The minimum atomic E-state index is -0.126. The van der Waals surface area contributed by atoms with Crippen LogP contribution in [0.25, 0.3) is 11.1 Å². The molecule has 0 aliphatic rings. The van der Waals surface area contributed by atoms with Crippen LogP contribution < -0.4 is 0 Å². The van der Waals surface area contributed by atoms with Crippen molar-refractivity contribution in [2.75, 3.05) is 6.61 Å². The number of unbranched alkanes of at least 4 members (excludes halogenated alkanes) is 6. The van der Waals surface area contributed by atoms with Crippen molar-refractivity contribution in [3.8, 4) is 11.1 Å². The van der Waals surface area contributed by atoms with Gasteiger partial charge < -0.3 is 4.74 Å². The van der Waals surface area contributed by atoms with Gasteiger partial charge in [0.15, 0.2) is 0 Å². The van der Waals surface area contributed by atoms with Crippen LogP contribution in [0.4, 0.5) is 0 Å². The van der Waals surface area contributed by atoms with Crippen molar-refractivity contribution in [1.29, 1.82) is 0 Å². The van der Waals surface area contributed by atoms with Crippen LogP contribution in [0.3, 0.4) is 0 Å². The molecule has 0 spiro atoms. The van der Waals surface area contributed by atoms with Crippen molar-refractivity contribution in [1.82, 2.24) is 0 Å². The van der Waals surface area contributed by atoms with Crippen molar-refractivity contribution in [2.24, 2.45) is 0 Å². The van der Waals surface area contributed by atoms with E-state index in [1.54, 1.807) is 0 Å². The topological polar surface area (TPSA) is 26.3 Å². The standard InChI is InChI=1S/C23H30O2/c1-2-3-4-5-6-7-11-18-25-23(24)19-20-14-16-22(17-15-20)21-12-9-8-10-13-21/h8-10,12-17H,2-7,11,18-19H2,1H3. The van der Waals surface area contributed by atoms with Gasteiger partial charge in [-0.1, -0.05) is 100 Å². The Morgan fingerprint density at radius 2 is 1.36 bits per heavy atom. The Morgan fingerprint density at radius 3 is 2.04 bits per heavy atom. The lowest BCUT2D eigenvalue weighted by Crippen LogP contribution is -2.09. The van der Waals surface area contributed by atoms with E-state index >= 15 is 0 Å². The van der Waals surface area contributed by atoms with Gasteiger partial charge in [0.25, 0.3) is 0 Å². The number of esters is 1. The maximum Gasteiger partial charge on any atom is 0.310 e. The lowest BCUT2D eigenvalue weighted by molar-refractivity contribution is -0.142. The molecule has 2 rings (SSSR count). The first-order valence-electron chi connectivity index (χ1n) is 9.59. The highest BCUT2D eigenvalue weighted by Crippen LogP contribution is 2.19. The van der Waals surface area contributed by atoms with Crippen LogP contribution in [0.1, 0.15) is 57.4 Å². The van der Waals surface area contributed by atoms with Crippen molar-refractivity contribution >= 4 is 5.97 Å². The van der Waals surface area contributed by atoms with Crippen LogP contribution in [0.2, 0.25) is 0 Å². The molecule has 0 atom stereocenters. The van der Waals surface area contributed by atoms with E-state index in [0.717, 1.165) is 18.4 Å². The Bertz CT molecular complexity index is 602. The molecule has 0 heterocycles. The lowest BCUT2D eigenvalue weighted by Gasteiger charge is -2.06. The molecule has 2 heteroatoms. The molecular weight excluding hydrogens is 308 g/mol. The normalized spacial score (nSPS) is 10.6. The smallest absolute Gasteiger partial charge is 0.310 e. The fourth-order valence-electron chi connectivity index (χ4n) is 2.91. The summed E-state index contributed by atoms with van der Waals surface area (Å²) in [5, 5.41) is 0. The zero-order chi connectivity index (χ0) is 17.7. The monoisotopic (exact) mass is 338 g/mol. The minimum Gasteiger partial charge on any atom is -0.465 e. The van der Waals surface area contributed by atoms with E-state index in [-0.39, 0.29) is 5.97 Å². The maximum atomic E-state index is 11.9. The minimum absolute atomic E-state index is 0.126. The number of hydrogen-bond donors (Lipinski definition) is 0. The third-order valence-corrected chi connectivity index (χ3v) is 4.42. The molecule has 2 nitrogen and oxygen atoms in total. The summed E-state index contributed by atoms with van der Waals surface area (Å²) in [5.41, 5.74) is 3.36. The molecule has 0 bridgehead atoms. The Morgan fingerprint density at radius 1 is 0.760 bits per heavy atom. The second-order valence-electron chi connectivity index (χ2n) is 6.58. The molecule has 2 aromatic rings. The molecule has 0 radical (unpaired) electrons. The fourth-order valence-corrected chi connectivity index (χ4v) is 2.91. The summed E-state index contributed by atoms with van der Waals surface area (Å²) in [5.74, 6) is -0.126. The van der Waals surface area contributed by atoms with E-state index in [9.17, 15) is 4.79 Å². The SMILES string of the molecule is CCCCCCCCCOC(=O)Cc1ccc(-c2ccccc2)cc1. The second kappa shape index (κ2) is 11.5. The lowest BCUT2D eigenvalue weighted by atomic mass is 10.0. The van der Waals surface area contributed by atoms with E-state index in [2.05, 4.69) is 31.2 Å². The van der Waals surface area contributed by atoms with Gasteiger partial charge in [0.1, 0.15) is 0 Å². The van der Waals surface area contributed by atoms with E-state index in [0.29, 0.717) is 13.0 Å². The molecule has 0 aliphatic carbocycles. The number of rotatable bonds is 11. The van der Waals surface area contributed by atoms with Crippen LogP contribution >= 0.6 is 0 Å². The van der Waals surface area contributed by atoms with Crippen LogP contribution in [-0.2, 0) is 16.0 Å². The number of carbonyl (C=O) groups excluding carboxylic acids is 1. The summed E-state index contributed by atoms with van der Waals surface area (Å²) < 4.78 is 5.35. The van der Waals surface area contributed by atoms with Crippen LogP contribution in [-0.4, -0.2) is 12.6 Å². The molecule has 0 aromatic heterocycles. The number of hydrogen-bond acceptors (Lipinski definition) is 2. The highest BCUT2D eigenvalue weighted by molar-refractivity contribution is 5.73.